The Labute approximate surface area is 157 Å². The SMILES string of the molecule is COCC(C)NC(N)=NCc1ccc(C)cc1OC(C)(C)C.I. The lowest BCUT2D eigenvalue weighted by atomic mass is 10.1. The maximum atomic E-state index is 6.02. The van der Waals surface area contributed by atoms with Crippen LogP contribution in [0.2, 0.25) is 0 Å². The lowest BCUT2D eigenvalue weighted by Crippen LogP contribution is -2.40. The van der Waals surface area contributed by atoms with Gasteiger partial charge in [0.2, 0.25) is 0 Å². The molecule has 6 heteroatoms. The number of nitrogens with zero attached hydrogens (tertiary/aromatic N) is 1. The predicted octanol–water partition coefficient (Wildman–Crippen LogP) is 3.23. The van der Waals surface area contributed by atoms with Gasteiger partial charge in [-0.25, -0.2) is 4.99 Å². The number of nitrogens with one attached hydrogen (secondary N) is 1. The van der Waals surface area contributed by atoms with Crippen LogP contribution in [-0.2, 0) is 11.3 Å². The van der Waals surface area contributed by atoms with Crippen molar-refractivity contribution in [2.45, 2.75) is 52.8 Å². The van der Waals surface area contributed by atoms with Crippen LogP contribution in [0.5, 0.6) is 5.75 Å². The maximum Gasteiger partial charge on any atom is 0.189 e. The third-order valence-electron chi connectivity index (χ3n) is 2.87. The van der Waals surface area contributed by atoms with E-state index in [2.05, 4.69) is 16.4 Å². The Bertz CT molecular complexity index is 513. The van der Waals surface area contributed by atoms with Gasteiger partial charge in [0.05, 0.1) is 13.2 Å². The van der Waals surface area contributed by atoms with Gasteiger partial charge in [-0.2, -0.15) is 0 Å². The number of halogens is 1. The van der Waals surface area contributed by atoms with E-state index in [1.54, 1.807) is 7.11 Å². The summed E-state index contributed by atoms with van der Waals surface area (Å²) in [6.07, 6.45) is 0. The summed E-state index contributed by atoms with van der Waals surface area (Å²) in [5.74, 6) is 1.26. The van der Waals surface area contributed by atoms with E-state index in [-0.39, 0.29) is 35.6 Å². The molecule has 0 aliphatic carbocycles. The van der Waals surface area contributed by atoms with E-state index in [0.29, 0.717) is 19.1 Å². The van der Waals surface area contributed by atoms with Gasteiger partial charge in [-0.1, -0.05) is 12.1 Å². The molecule has 1 aromatic carbocycles. The van der Waals surface area contributed by atoms with Crippen LogP contribution in [0.3, 0.4) is 0 Å². The van der Waals surface area contributed by atoms with Gasteiger partial charge < -0.3 is 20.5 Å². The second-order valence-corrected chi connectivity index (χ2v) is 6.53. The fraction of sp³-hybridized carbons (Fsp3) is 0.588. The Kier molecular flexibility index (Phi) is 9.53. The smallest absolute Gasteiger partial charge is 0.189 e. The number of guanidine groups is 1. The van der Waals surface area contributed by atoms with Gasteiger partial charge in [0.1, 0.15) is 11.4 Å². The molecule has 1 unspecified atom stereocenters. The largest absolute Gasteiger partial charge is 0.488 e. The van der Waals surface area contributed by atoms with Gasteiger partial charge in [-0.15, -0.1) is 24.0 Å². The van der Waals surface area contributed by atoms with Crippen molar-refractivity contribution in [2.75, 3.05) is 13.7 Å². The fourth-order valence-corrected chi connectivity index (χ4v) is 1.98. The summed E-state index contributed by atoms with van der Waals surface area (Å²) in [7, 11) is 1.66. The summed E-state index contributed by atoms with van der Waals surface area (Å²) in [6, 6.07) is 6.24. The highest BCUT2D eigenvalue weighted by Gasteiger charge is 2.14. The first-order valence-corrected chi connectivity index (χ1v) is 7.55. The van der Waals surface area contributed by atoms with E-state index >= 15 is 0 Å². The van der Waals surface area contributed by atoms with Crippen LogP contribution in [0.4, 0.5) is 0 Å². The lowest BCUT2D eigenvalue weighted by Gasteiger charge is -2.23. The molecule has 0 bridgehead atoms. The average molecular weight is 435 g/mol. The molecule has 0 aromatic heterocycles. The first-order valence-electron chi connectivity index (χ1n) is 7.55. The van der Waals surface area contributed by atoms with Crippen molar-refractivity contribution < 1.29 is 9.47 Å². The summed E-state index contributed by atoms with van der Waals surface area (Å²) >= 11 is 0. The van der Waals surface area contributed by atoms with Crippen molar-refractivity contribution in [3.63, 3.8) is 0 Å². The Morgan fingerprint density at radius 2 is 2.00 bits per heavy atom. The summed E-state index contributed by atoms with van der Waals surface area (Å²) in [6.45, 7) is 11.2. The Morgan fingerprint density at radius 3 is 2.57 bits per heavy atom. The van der Waals surface area contributed by atoms with E-state index in [4.69, 9.17) is 15.2 Å². The normalized spacial score (nSPS) is 13.2. The number of hydrogen-bond acceptors (Lipinski definition) is 3. The molecule has 23 heavy (non-hydrogen) atoms. The molecule has 0 amide bonds. The first-order chi connectivity index (χ1) is 10.2. The van der Waals surface area contributed by atoms with Gasteiger partial charge in [-0.3, -0.25) is 0 Å². The zero-order valence-corrected chi connectivity index (χ0v) is 17.3. The van der Waals surface area contributed by atoms with Crippen LogP contribution < -0.4 is 15.8 Å². The lowest BCUT2D eigenvalue weighted by molar-refractivity contribution is 0.129. The van der Waals surface area contributed by atoms with Crippen LogP contribution in [-0.4, -0.2) is 31.3 Å². The average Bonchev–Trinajstić information content (AvgIpc) is 2.36. The van der Waals surface area contributed by atoms with E-state index in [0.717, 1.165) is 16.9 Å². The molecular weight excluding hydrogens is 405 g/mol. The highest BCUT2D eigenvalue weighted by atomic mass is 127. The number of methoxy groups -OCH3 is 1. The molecule has 0 aliphatic rings. The monoisotopic (exact) mass is 435 g/mol. The number of hydrogen-bond donors (Lipinski definition) is 2. The Hall–Kier alpha value is -1.02. The third kappa shape index (κ3) is 9.00. The summed E-state index contributed by atoms with van der Waals surface area (Å²) in [4.78, 5) is 4.38. The zero-order chi connectivity index (χ0) is 16.8. The molecule has 1 aromatic rings. The van der Waals surface area contributed by atoms with E-state index < -0.39 is 0 Å². The fourth-order valence-electron chi connectivity index (χ4n) is 1.98. The topological polar surface area (TPSA) is 68.9 Å². The van der Waals surface area contributed by atoms with E-state index in [9.17, 15) is 0 Å². The minimum Gasteiger partial charge on any atom is -0.488 e. The van der Waals surface area contributed by atoms with Gasteiger partial charge in [0, 0.05) is 18.7 Å². The number of aryl methyl sites for hydroxylation is 1. The Morgan fingerprint density at radius 1 is 1.35 bits per heavy atom. The number of benzene rings is 1. The molecule has 0 saturated carbocycles. The van der Waals surface area contributed by atoms with E-state index in [1.165, 1.54) is 0 Å². The van der Waals surface area contributed by atoms with Gasteiger partial charge >= 0.3 is 0 Å². The summed E-state index contributed by atoms with van der Waals surface area (Å²) in [5.41, 5.74) is 7.83. The second-order valence-electron chi connectivity index (χ2n) is 6.53. The van der Waals surface area contributed by atoms with Gasteiger partial charge in [0.15, 0.2) is 5.96 Å². The van der Waals surface area contributed by atoms with E-state index in [1.807, 2.05) is 46.8 Å². The van der Waals surface area contributed by atoms with Gasteiger partial charge in [0.25, 0.3) is 0 Å². The second kappa shape index (κ2) is 9.97. The van der Waals surface area contributed by atoms with Crippen molar-refractivity contribution in [3.8, 4) is 5.75 Å². The predicted molar refractivity (Wildman–Crippen MR) is 107 cm³/mol. The molecule has 0 fully saturated rings. The molecule has 5 nitrogen and oxygen atoms in total. The number of rotatable bonds is 6. The minimum atomic E-state index is -0.247. The standard InChI is InChI=1S/C17H29N3O2.HI/c1-12-7-8-14(15(9-12)22-17(3,4)5)10-19-16(18)20-13(2)11-21-6;/h7-9,13H,10-11H2,1-6H3,(H3,18,19,20);1H. The van der Waals surface area contributed by atoms with Crippen LogP contribution in [0.15, 0.2) is 23.2 Å². The quantitative estimate of drug-likeness (QED) is 0.409. The van der Waals surface area contributed by atoms with Crippen molar-refractivity contribution in [2.24, 2.45) is 10.7 Å². The van der Waals surface area contributed by atoms with Gasteiger partial charge in [-0.05, 0) is 46.2 Å². The van der Waals surface area contributed by atoms with Crippen molar-refractivity contribution in [1.82, 2.24) is 5.32 Å². The number of ether oxygens (including phenoxy) is 2. The van der Waals surface area contributed by atoms with Crippen LogP contribution >= 0.6 is 24.0 Å². The summed E-state index contributed by atoms with van der Waals surface area (Å²) < 4.78 is 11.1. The minimum absolute atomic E-state index is 0. The maximum absolute atomic E-state index is 6.02. The van der Waals surface area contributed by atoms with Crippen molar-refractivity contribution in [1.29, 1.82) is 0 Å². The molecule has 1 rings (SSSR count). The highest BCUT2D eigenvalue weighted by Crippen LogP contribution is 2.25. The molecule has 0 saturated heterocycles. The number of aliphatic imine (C=N–C) groups is 1. The molecule has 0 heterocycles. The molecule has 1 atom stereocenters. The molecule has 0 radical (unpaired) electrons. The summed E-state index contributed by atoms with van der Waals surface area (Å²) in [5, 5.41) is 3.09. The molecular formula is C17H30IN3O2. The van der Waals surface area contributed by atoms with Crippen LogP contribution in [0.1, 0.15) is 38.8 Å². The Balaban J connectivity index is 0.00000484. The zero-order valence-electron chi connectivity index (χ0n) is 15.0. The number of nitrogens with two attached hydrogens (primary N) is 1. The molecule has 132 valence electrons. The highest BCUT2D eigenvalue weighted by molar-refractivity contribution is 14.0. The first kappa shape index (κ1) is 22.0. The van der Waals surface area contributed by atoms with Crippen molar-refractivity contribution >= 4 is 29.9 Å². The molecule has 0 aliphatic heterocycles. The van der Waals surface area contributed by atoms with Crippen LogP contribution in [0, 0.1) is 6.92 Å². The third-order valence-corrected chi connectivity index (χ3v) is 2.87. The molecule has 3 N–H and O–H groups in total. The molecule has 0 spiro atoms. The van der Waals surface area contributed by atoms with Crippen molar-refractivity contribution in [3.05, 3.63) is 29.3 Å². The van der Waals surface area contributed by atoms with Crippen LogP contribution in [0.25, 0.3) is 0 Å².